The van der Waals surface area contributed by atoms with Crippen LogP contribution in [0.25, 0.3) is 0 Å². The van der Waals surface area contributed by atoms with Crippen LogP contribution in [0.3, 0.4) is 0 Å². The Bertz CT molecular complexity index is 873. The van der Waals surface area contributed by atoms with E-state index in [4.69, 9.17) is 0 Å². The van der Waals surface area contributed by atoms with Gasteiger partial charge in [0.2, 0.25) is 0 Å². The van der Waals surface area contributed by atoms with Gasteiger partial charge in [0.15, 0.2) is 0 Å². The average Bonchev–Trinajstić information content (AvgIpc) is 2.55. The second-order valence-corrected chi connectivity index (χ2v) is 6.47. The zero-order valence-corrected chi connectivity index (χ0v) is 14.2. The van der Waals surface area contributed by atoms with E-state index in [0.29, 0.717) is 11.1 Å². The Balaban J connectivity index is 1.85. The molecule has 0 unspecified atom stereocenters. The SMILES string of the molecule is Cc1ccc(Cc2c(F)cc(Cc3ccc(C)cc3F)cc2F)cc1. The molecular formula is C22H19F3. The van der Waals surface area contributed by atoms with Gasteiger partial charge in [-0.1, -0.05) is 42.0 Å². The van der Waals surface area contributed by atoms with Crippen molar-refractivity contribution in [2.45, 2.75) is 26.7 Å². The lowest BCUT2D eigenvalue weighted by atomic mass is 9.98. The number of aryl methyl sites for hydroxylation is 2. The van der Waals surface area contributed by atoms with Crippen molar-refractivity contribution in [3.8, 4) is 0 Å². The van der Waals surface area contributed by atoms with Crippen molar-refractivity contribution >= 4 is 0 Å². The molecule has 0 nitrogen and oxygen atoms in total. The molecule has 0 aliphatic carbocycles. The lowest BCUT2D eigenvalue weighted by molar-refractivity contribution is 0.558. The second kappa shape index (κ2) is 7.14. The van der Waals surface area contributed by atoms with Gasteiger partial charge in [-0.05, 0) is 54.3 Å². The van der Waals surface area contributed by atoms with Gasteiger partial charge in [0.05, 0.1) is 0 Å². The highest BCUT2D eigenvalue weighted by atomic mass is 19.1. The Labute approximate surface area is 146 Å². The largest absolute Gasteiger partial charge is 0.207 e. The molecule has 0 bridgehead atoms. The van der Waals surface area contributed by atoms with Gasteiger partial charge in [0, 0.05) is 18.4 Å². The van der Waals surface area contributed by atoms with Crippen LogP contribution >= 0.6 is 0 Å². The first-order valence-corrected chi connectivity index (χ1v) is 8.20. The van der Waals surface area contributed by atoms with Crippen molar-refractivity contribution in [2.24, 2.45) is 0 Å². The van der Waals surface area contributed by atoms with Crippen LogP contribution in [0, 0.1) is 31.3 Å². The van der Waals surface area contributed by atoms with Crippen LogP contribution in [0.1, 0.15) is 33.4 Å². The first-order chi connectivity index (χ1) is 11.9. The predicted octanol–water partition coefficient (Wildman–Crippen LogP) is 5.90. The van der Waals surface area contributed by atoms with Crippen LogP contribution in [-0.4, -0.2) is 0 Å². The van der Waals surface area contributed by atoms with Gasteiger partial charge < -0.3 is 0 Å². The van der Waals surface area contributed by atoms with Crippen molar-refractivity contribution in [1.82, 2.24) is 0 Å². The van der Waals surface area contributed by atoms with E-state index in [1.807, 2.05) is 31.2 Å². The molecule has 3 aromatic rings. The van der Waals surface area contributed by atoms with E-state index in [-0.39, 0.29) is 24.2 Å². The summed E-state index contributed by atoms with van der Waals surface area (Å²) in [7, 11) is 0. The van der Waals surface area contributed by atoms with Gasteiger partial charge in [-0.3, -0.25) is 0 Å². The van der Waals surface area contributed by atoms with Crippen molar-refractivity contribution < 1.29 is 13.2 Å². The Morgan fingerprint density at radius 2 is 1.20 bits per heavy atom. The molecule has 3 rings (SSSR count). The first kappa shape index (κ1) is 17.3. The van der Waals surface area contributed by atoms with E-state index < -0.39 is 11.6 Å². The van der Waals surface area contributed by atoms with Gasteiger partial charge >= 0.3 is 0 Å². The molecule has 25 heavy (non-hydrogen) atoms. The quantitative estimate of drug-likeness (QED) is 0.554. The fourth-order valence-electron chi connectivity index (χ4n) is 2.85. The molecule has 0 radical (unpaired) electrons. The minimum absolute atomic E-state index is 0.0389. The summed E-state index contributed by atoms with van der Waals surface area (Å²) in [5, 5.41) is 0. The molecule has 3 heteroatoms. The molecule has 128 valence electrons. The average molecular weight is 340 g/mol. The molecule has 0 saturated carbocycles. The Kier molecular flexibility index (Phi) is 4.93. The van der Waals surface area contributed by atoms with Crippen LogP contribution < -0.4 is 0 Å². The lowest BCUT2D eigenvalue weighted by Crippen LogP contribution is -2.01. The Hall–Kier alpha value is -2.55. The summed E-state index contributed by atoms with van der Waals surface area (Å²) in [5.41, 5.74) is 3.64. The number of halogens is 3. The number of benzene rings is 3. The van der Waals surface area contributed by atoms with Crippen molar-refractivity contribution in [3.63, 3.8) is 0 Å². The molecule has 3 aromatic carbocycles. The Morgan fingerprint density at radius 1 is 0.600 bits per heavy atom. The van der Waals surface area contributed by atoms with Crippen LogP contribution in [0.5, 0.6) is 0 Å². The topological polar surface area (TPSA) is 0 Å². The van der Waals surface area contributed by atoms with E-state index in [1.165, 1.54) is 18.2 Å². The molecular weight excluding hydrogens is 321 g/mol. The smallest absolute Gasteiger partial charge is 0.129 e. The number of hydrogen-bond donors (Lipinski definition) is 0. The second-order valence-electron chi connectivity index (χ2n) is 6.47. The van der Waals surface area contributed by atoms with E-state index in [2.05, 4.69) is 0 Å². The molecule has 0 N–H and O–H groups in total. The first-order valence-electron chi connectivity index (χ1n) is 8.20. The Morgan fingerprint density at radius 3 is 1.80 bits per heavy atom. The fourth-order valence-corrected chi connectivity index (χ4v) is 2.85. The summed E-state index contributed by atoms with van der Waals surface area (Å²) in [6, 6.07) is 15.0. The summed E-state index contributed by atoms with van der Waals surface area (Å²) in [6.07, 6.45) is 0.349. The third-order valence-electron chi connectivity index (χ3n) is 4.31. The molecule has 0 aromatic heterocycles. The van der Waals surface area contributed by atoms with Crippen LogP contribution in [-0.2, 0) is 12.8 Å². The monoisotopic (exact) mass is 340 g/mol. The highest BCUT2D eigenvalue weighted by Gasteiger charge is 2.13. The molecule has 0 aliphatic heterocycles. The third kappa shape index (κ3) is 4.11. The minimum Gasteiger partial charge on any atom is -0.207 e. The third-order valence-corrected chi connectivity index (χ3v) is 4.31. The summed E-state index contributed by atoms with van der Waals surface area (Å²) in [4.78, 5) is 0. The molecule has 0 aliphatic rings. The van der Waals surface area contributed by atoms with E-state index in [9.17, 15) is 13.2 Å². The van der Waals surface area contributed by atoms with Gasteiger partial charge in [-0.25, -0.2) is 13.2 Å². The standard InChI is InChI=1S/C22H19F3/c1-14-3-6-16(7-4-14)11-19-21(24)12-17(13-22(19)25)10-18-8-5-15(2)9-20(18)23/h3-9,12-13H,10-11H2,1-2H3. The van der Waals surface area contributed by atoms with Crippen LogP contribution in [0.15, 0.2) is 54.6 Å². The molecule has 0 atom stereocenters. The normalized spacial score (nSPS) is 10.9. The van der Waals surface area contributed by atoms with E-state index >= 15 is 0 Å². The van der Waals surface area contributed by atoms with Crippen LogP contribution in [0.4, 0.5) is 13.2 Å². The van der Waals surface area contributed by atoms with Crippen molar-refractivity contribution in [2.75, 3.05) is 0 Å². The highest BCUT2D eigenvalue weighted by molar-refractivity contribution is 5.35. The van der Waals surface area contributed by atoms with E-state index in [0.717, 1.165) is 16.7 Å². The molecule has 0 spiro atoms. The maximum atomic E-state index is 14.4. The van der Waals surface area contributed by atoms with Gasteiger partial charge in [0.25, 0.3) is 0 Å². The molecule has 0 fully saturated rings. The molecule has 0 saturated heterocycles. The fraction of sp³-hybridized carbons (Fsp3) is 0.182. The molecule has 0 heterocycles. The van der Waals surface area contributed by atoms with Crippen molar-refractivity contribution in [1.29, 1.82) is 0 Å². The maximum absolute atomic E-state index is 14.4. The molecule has 0 amide bonds. The zero-order valence-electron chi connectivity index (χ0n) is 14.2. The number of hydrogen-bond acceptors (Lipinski definition) is 0. The van der Waals surface area contributed by atoms with Gasteiger partial charge in [-0.2, -0.15) is 0 Å². The lowest BCUT2D eigenvalue weighted by Gasteiger charge is -2.10. The summed E-state index contributed by atoms with van der Waals surface area (Å²) in [5.74, 6) is -1.55. The number of rotatable bonds is 4. The minimum atomic E-state index is -0.594. The van der Waals surface area contributed by atoms with Crippen LogP contribution in [0.2, 0.25) is 0 Å². The van der Waals surface area contributed by atoms with Gasteiger partial charge in [0.1, 0.15) is 17.5 Å². The summed E-state index contributed by atoms with van der Waals surface area (Å²) >= 11 is 0. The summed E-state index contributed by atoms with van der Waals surface area (Å²) < 4.78 is 42.8. The summed E-state index contributed by atoms with van der Waals surface area (Å²) in [6.45, 7) is 3.76. The highest BCUT2D eigenvalue weighted by Crippen LogP contribution is 2.22. The predicted molar refractivity (Wildman–Crippen MR) is 94.3 cm³/mol. The van der Waals surface area contributed by atoms with Gasteiger partial charge in [-0.15, -0.1) is 0 Å². The zero-order chi connectivity index (χ0) is 18.0. The van der Waals surface area contributed by atoms with Crippen molar-refractivity contribution in [3.05, 3.63) is 105 Å². The van der Waals surface area contributed by atoms with E-state index in [1.54, 1.807) is 19.1 Å². The maximum Gasteiger partial charge on any atom is 0.129 e.